The lowest BCUT2D eigenvalue weighted by Crippen LogP contribution is -2.46. The lowest BCUT2D eigenvalue weighted by molar-refractivity contribution is 0.0999. The van der Waals surface area contributed by atoms with Gasteiger partial charge in [-0.1, -0.05) is 6.92 Å². The molecule has 1 amide bonds. The van der Waals surface area contributed by atoms with Crippen LogP contribution in [-0.2, 0) is 0 Å². The van der Waals surface area contributed by atoms with Crippen LogP contribution in [0.1, 0.15) is 17.3 Å². The van der Waals surface area contributed by atoms with Crippen LogP contribution in [-0.4, -0.2) is 72.3 Å². The Morgan fingerprint density at radius 1 is 0.911 bits per heavy atom. The molecule has 2 N–H and O–H groups in total. The van der Waals surface area contributed by atoms with Gasteiger partial charge in [-0.3, -0.25) is 9.59 Å². The van der Waals surface area contributed by atoms with Crippen molar-refractivity contribution in [2.24, 2.45) is 5.73 Å². The monoisotopic (exact) mass is 616 g/mol. The first kappa shape index (κ1) is 29.8. The number of halogens is 2. The molecule has 0 radical (unpaired) electrons. The van der Waals surface area contributed by atoms with Gasteiger partial charge >= 0.3 is 0 Å². The molecule has 11 nitrogen and oxygen atoms in total. The first-order valence-electron chi connectivity index (χ1n) is 14.2. The maximum absolute atomic E-state index is 15.7. The van der Waals surface area contributed by atoms with Crippen molar-refractivity contribution in [2.75, 3.05) is 51.8 Å². The molecule has 0 spiro atoms. The van der Waals surface area contributed by atoms with Crippen molar-refractivity contribution >= 4 is 33.4 Å². The van der Waals surface area contributed by atoms with E-state index in [0.717, 1.165) is 25.7 Å². The zero-order chi connectivity index (χ0) is 31.8. The van der Waals surface area contributed by atoms with Crippen molar-refractivity contribution in [3.05, 3.63) is 82.4 Å². The SMILES string of the molecule is CCN1CCN(c2cc3c(cc2F)c(=O)c(C(N)=O)cn3-c2ccc(Oc3ncnc4cc(OC)c(OC)cc34)c(F)c2)CC1. The van der Waals surface area contributed by atoms with Crippen LogP contribution in [0.3, 0.4) is 0 Å². The number of carbonyl (C=O) groups excluding carboxylic acids is 1. The largest absolute Gasteiger partial charge is 0.493 e. The van der Waals surface area contributed by atoms with E-state index < -0.39 is 23.0 Å². The molecule has 0 unspecified atom stereocenters. The molecule has 1 aliphatic rings. The molecule has 13 heteroatoms. The number of aromatic nitrogens is 3. The number of nitrogens with zero attached hydrogens (tertiary/aromatic N) is 5. The van der Waals surface area contributed by atoms with Crippen molar-refractivity contribution in [1.29, 1.82) is 0 Å². The number of fused-ring (bicyclic) bond motifs is 2. The number of hydrogen-bond donors (Lipinski definition) is 1. The Kier molecular flexibility index (Phi) is 7.94. The Hall–Kier alpha value is -5.30. The highest BCUT2D eigenvalue weighted by atomic mass is 19.1. The third-order valence-electron chi connectivity index (χ3n) is 8.00. The number of rotatable bonds is 8. The number of primary amides is 1. The number of anilines is 1. The standard InChI is InChI=1S/C32H30F2N6O5/c1-4-38-7-9-39(10-8-38)26-15-25-20(12-22(26)33)30(41)21(31(35)42)16-40(25)18-5-6-27(23(34)11-18)45-32-19-13-28(43-2)29(44-3)14-24(19)36-17-37-32/h5-6,11-17H,4,7-10H2,1-3H3,(H2,35,42). The molecule has 0 bridgehead atoms. The first-order chi connectivity index (χ1) is 21.7. The molecular formula is C32H30F2N6O5. The predicted molar refractivity (Wildman–Crippen MR) is 165 cm³/mol. The van der Waals surface area contributed by atoms with E-state index in [1.165, 1.54) is 43.4 Å². The minimum absolute atomic E-state index is 0.0580. The number of methoxy groups -OCH3 is 2. The molecule has 6 rings (SSSR count). The second kappa shape index (κ2) is 12.0. The Bertz CT molecular complexity index is 2010. The summed E-state index contributed by atoms with van der Waals surface area (Å²) in [5.41, 5.74) is 5.78. The molecule has 45 heavy (non-hydrogen) atoms. The van der Waals surface area contributed by atoms with Crippen LogP contribution < -0.4 is 30.3 Å². The molecule has 0 aliphatic carbocycles. The van der Waals surface area contributed by atoms with Crippen LogP contribution >= 0.6 is 0 Å². The van der Waals surface area contributed by atoms with Gasteiger partial charge in [0.1, 0.15) is 17.7 Å². The van der Waals surface area contributed by atoms with Crippen molar-refractivity contribution in [3.63, 3.8) is 0 Å². The summed E-state index contributed by atoms with van der Waals surface area (Å²) in [4.78, 5) is 38.0. The number of likely N-dealkylation sites (N-methyl/N-ethyl adjacent to an activating group) is 1. The Morgan fingerprint density at radius 2 is 1.64 bits per heavy atom. The molecule has 2 aromatic heterocycles. The molecule has 0 atom stereocenters. The number of piperazine rings is 1. The van der Waals surface area contributed by atoms with Gasteiger partial charge in [0.15, 0.2) is 23.1 Å². The average molecular weight is 617 g/mol. The van der Waals surface area contributed by atoms with Crippen LogP contribution in [0.5, 0.6) is 23.1 Å². The number of benzene rings is 3. The van der Waals surface area contributed by atoms with E-state index in [0.29, 0.717) is 41.2 Å². The molecule has 1 fully saturated rings. The minimum atomic E-state index is -0.987. The van der Waals surface area contributed by atoms with E-state index in [4.69, 9.17) is 19.9 Å². The Labute approximate surface area is 256 Å². The number of carbonyl (C=O) groups is 1. The Morgan fingerprint density at radius 3 is 2.31 bits per heavy atom. The summed E-state index contributed by atoms with van der Waals surface area (Å²) < 4.78 is 49.1. The minimum Gasteiger partial charge on any atom is -0.493 e. The van der Waals surface area contributed by atoms with Crippen LogP contribution in [0.15, 0.2) is 59.8 Å². The van der Waals surface area contributed by atoms with Gasteiger partial charge in [-0.15, -0.1) is 0 Å². The highest BCUT2D eigenvalue weighted by Gasteiger charge is 2.23. The number of nitrogens with two attached hydrogens (primary N) is 1. The van der Waals surface area contributed by atoms with Gasteiger partial charge in [-0.25, -0.2) is 18.7 Å². The van der Waals surface area contributed by atoms with Gasteiger partial charge in [-0.05, 0) is 36.9 Å². The molecule has 1 saturated heterocycles. The van der Waals surface area contributed by atoms with E-state index in [2.05, 4.69) is 21.8 Å². The highest BCUT2D eigenvalue weighted by molar-refractivity contribution is 5.97. The molecular weight excluding hydrogens is 586 g/mol. The van der Waals surface area contributed by atoms with Crippen LogP contribution in [0, 0.1) is 11.6 Å². The maximum atomic E-state index is 15.7. The smallest absolute Gasteiger partial charge is 0.254 e. The quantitative estimate of drug-likeness (QED) is 0.272. The topological polar surface area (TPSA) is 125 Å². The van der Waals surface area contributed by atoms with Crippen molar-refractivity contribution < 1.29 is 27.8 Å². The second-order valence-electron chi connectivity index (χ2n) is 10.5. The van der Waals surface area contributed by atoms with Gasteiger partial charge in [0.05, 0.1) is 36.3 Å². The summed E-state index contributed by atoms with van der Waals surface area (Å²) in [7, 11) is 2.99. The molecule has 0 saturated carbocycles. The van der Waals surface area contributed by atoms with Crippen LogP contribution in [0.2, 0.25) is 0 Å². The van der Waals surface area contributed by atoms with Gasteiger partial charge in [0.2, 0.25) is 11.3 Å². The molecule has 5 aromatic rings. The van der Waals surface area contributed by atoms with Crippen molar-refractivity contribution in [1.82, 2.24) is 19.4 Å². The van der Waals surface area contributed by atoms with Gasteiger partial charge < -0.3 is 34.3 Å². The van der Waals surface area contributed by atoms with E-state index in [-0.39, 0.29) is 33.8 Å². The summed E-state index contributed by atoms with van der Waals surface area (Å²) in [6.07, 6.45) is 2.53. The number of pyridine rings is 1. The van der Waals surface area contributed by atoms with E-state index in [1.807, 2.05) is 4.90 Å². The van der Waals surface area contributed by atoms with E-state index in [9.17, 15) is 9.59 Å². The van der Waals surface area contributed by atoms with Gasteiger partial charge in [0.25, 0.3) is 5.91 Å². The van der Waals surface area contributed by atoms with Crippen molar-refractivity contribution in [2.45, 2.75) is 6.92 Å². The fraction of sp³-hybridized carbons (Fsp3) is 0.250. The second-order valence-corrected chi connectivity index (χ2v) is 10.5. The number of hydrogen-bond acceptors (Lipinski definition) is 9. The summed E-state index contributed by atoms with van der Waals surface area (Å²) in [5.74, 6) is -1.53. The third kappa shape index (κ3) is 5.46. The Balaban J connectivity index is 1.43. The molecule has 3 aromatic carbocycles. The summed E-state index contributed by atoms with van der Waals surface area (Å²) in [5, 5.41) is 0.405. The third-order valence-corrected chi connectivity index (χ3v) is 8.00. The van der Waals surface area contributed by atoms with E-state index >= 15 is 8.78 Å². The molecule has 1 aliphatic heterocycles. The summed E-state index contributed by atoms with van der Waals surface area (Å²) in [6, 6.07) is 10.1. The zero-order valence-corrected chi connectivity index (χ0v) is 24.8. The summed E-state index contributed by atoms with van der Waals surface area (Å²) >= 11 is 0. The lowest BCUT2D eigenvalue weighted by atomic mass is 10.1. The van der Waals surface area contributed by atoms with Crippen molar-refractivity contribution in [3.8, 4) is 28.8 Å². The highest BCUT2D eigenvalue weighted by Crippen LogP contribution is 2.37. The normalized spacial score (nSPS) is 13.8. The van der Waals surface area contributed by atoms with Crippen LogP contribution in [0.4, 0.5) is 14.5 Å². The summed E-state index contributed by atoms with van der Waals surface area (Å²) in [6.45, 7) is 5.67. The zero-order valence-electron chi connectivity index (χ0n) is 24.8. The fourth-order valence-electron chi connectivity index (χ4n) is 5.54. The number of amides is 1. The van der Waals surface area contributed by atoms with Crippen LogP contribution in [0.25, 0.3) is 27.5 Å². The van der Waals surface area contributed by atoms with Gasteiger partial charge in [-0.2, -0.15) is 0 Å². The fourth-order valence-corrected chi connectivity index (χ4v) is 5.54. The first-order valence-corrected chi connectivity index (χ1v) is 14.2. The van der Waals surface area contributed by atoms with E-state index in [1.54, 1.807) is 24.3 Å². The lowest BCUT2D eigenvalue weighted by Gasteiger charge is -2.35. The number of ether oxygens (including phenoxy) is 3. The molecule has 232 valence electrons. The average Bonchev–Trinajstić information content (AvgIpc) is 3.05. The molecule has 3 heterocycles. The van der Waals surface area contributed by atoms with Gasteiger partial charge in [0, 0.05) is 55.6 Å². The predicted octanol–water partition coefficient (Wildman–Crippen LogP) is 4.26. The maximum Gasteiger partial charge on any atom is 0.254 e.